The fraction of sp³-hybridized carbons (Fsp3) is 0.333. The number of hydrogen-bond donors (Lipinski definition) is 2. The summed E-state index contributed by atoms with van der Waals surface area (Å²) in [6.45, 7) is 5.09. The number of nitrogens with zero attached hydrogens (tertiary/aromatic N) is 6. The second-order valence-corrected chi connectivity index (χ2v) is 8.36. The monoisotopic (exact) mass is 438 g/mol. The number of pyridine rings is 1. The van der Waals surface area contributed by atoms with Crippen LogP contribution in [0.15, 0.2) is 37.1 Å². The summed E-state index contributed by atoms with van der Waals surface area (Å²) >= 11 is 6.57. The predicted molar refractivity (Wildman–Crippen MR) is 120 cm³/mol. The second kappa shape index (κ2) is 7.42. The third-order valence-corrected chi connectivity index (χ3v) is 6.24. The zero-order valence-corrected chi connectivity index (χ0v) is 18.0. The molecule has 1 amide bonds. The average molecular weight is 439 g/mol. The van der Waals surface area contributed by atoms with Gasteiger partial charge in [0.25, 0.3) is 5.91 Å². The lowest BCUT2D eigenvalue weighted by Crippen LogP contribution is -2.33. The summed E-state index contributed by atoms with van der Waals surface area (Å²) in [4.78, 5) is 24.1. The quantitative estimate of drug-likeness (QED) is 0.507. The predicted octanol–water partition coefficient (Wildman–Crippen LogP) is 3.09. The number of imidazole rings is 1. The first-order valence-corrected chi connectivity index (χ1v) is 10.6. The summed E-state index contributed by atoms with van der Waals surface area (Å²) in [6, 6.07) is 3.70. The van der Waals surface area contributed by atoms with Crippen LogP contribution in [0, 0.1) is 0 Å². The first-order valence-electron chi connectivity index (χ1n) is 10.3. The van der Waals surface area contributed by atoms with Crippen LogP contribution in [0.25, 0.3) is 11.2 Å². The van der Waals surface area contributed by atoms with E-state index < -0.39 is 0 Å². The number of carbonyl (C=O) groups is 1. The number of amides is 1. The largest absolute Gasteiger partial charge is 0.381 e. The van der Waals surface area contributed by atoms with Crippen LogP contribution >= 0.6 is 11.6 Å². The van der Waals surface area contributed by atoms with E-state index in [0.29, 0.717) is 16.7 Å². The normalized spacial score (nSPS) is 17.5. The van der Waals surface area contributed by atoms with Gasteiger partial charge in [-0.15, -0.1) is 5.10 Å². The van der Waals surface area contributed by atoms with Gasteiger partial charge in [0, 0.05) is 30.5 Å². The van der Waals surface area contributed by atoms with Gasteiger partial charge in [0.15, 0.2) is 11.5 Å². The van der Waals surface area contributed by atoms with Crippen molar-refractivity contribution in [1.82, 2.24) is 29.3 Å². The maximum Gasteiger partial charge on any atom is 0.259 e. The molecule has 0 bridgehead atoms. The minimum Gasteiger partial charge on any atom is -0.381 e. The molecule has 160 valence electrons. The van der Waals surface area contributed by atoms with Crippen LogP contribution in [0.4, 0.5) is 11.6 Å². The van der Waals surface area contributed by atoms with E-state index >= 15 is 0 Å². The molecule has 0 radical (unpaired) electrons. The fourth-order valence-electron chi connectivity index (χ4n) is 4.39. The number of fused-ring (bicyclic) bond motifs is 2. The van der Waals surface area contributed by atoms with E-state index in [1.165, 1.54) is 4.52 Å². The second-order valence-electron chi connectivity index (χ2n) is 7.95. The number of carbonyl (C=O) groups excluding carboxylic acids is 1. The smallest absolute Gasteiger partial charge is 0.259 e. The lowest BCUT2D eigenvalue weighted by atomic mass is 10.1. The van der Waals surface area contributed by atoms with Crippen molar-refractivity contribution in [3.63, 3.8) is 0 Å². The third-order valence-electron chi connectivity index (χ3n) is 5.94. The minimum absolute atomic E-state index is 0.139. The molecule has 5 heterocycles. The Morgan fingerprint density at radius 1 is 1.42 bits per heavy atom. The van der Waals surface area contributed by atoms with Gasteiger partial charge < -0.3 is 16.0 Å². The van der Waals surface area contributed by atoms with Gasteiger partial charge in [0.05, 0.1) is 22.8 Å². The Kier molecular flexibility index (Phi) is 4.70. The molecule has 1 unspecified atom stereocenters. The molecule has 1 fully saturated rings. The Hall–Kier alpha value is -3.33. The van der Waals surface area contributed by atoms with E-state index in [9.17, 15) is 4.79 Å². The molecule has 1 aliphatic rings. The molecule has 5 rings (SSSR count). The number of nitrogens with two attached hydrogens (primary N) is 1. The van der Waals surface area contributed by atoms with Crippen LogP contribution in [-0.4, -0.2) is 42.5 Å². The molecule has 9 nitrogen and oxygen atoms in total. The zero-order valence-electron chi connectivity index (χ0n) is 17.3. The van der Waals surface area contributed by atoms with Crippen LogP contribution in [0.3, 0.4) is 0 Å². The summed E-state index contributed by atoms with van der Waals surface area (Å²) in [6.07, 6.45) is 9.07. The van der Waals surface area contributed by atoms with E-state index in [2.05, 4.69) is 32.2 Å². The Bertz CT molecular complexity index is 1300. The Balaban J connectivity index is 1.56. The Morgan fingerprint density at radius 3 is 3.03 bits per heavy atom. The van der Waals surface area contributed by atoms with Gasteiger partial charge in [-0.1, -0.05) is 11.6 Å². The number of hydrogen-bond acceptors (Lipinski definition) is 6. The molecule has 0 aliphatic carbocycles. The van der Waals surface area contributed by atoms with E-state index in [1.807, 2.05) is 17.4 Å². The molecule has 0 spiro atoms. The molecular weight excluding hydrogens is 416 g/mol. The van der Waals surface area contributed by atoms with Crippen molar-refractivity contribution >= 4 is 40.3 Å². The molecule has 31 heavy (non-hydrogen) atoms. The fourth-order valence-corrected chi connectivity index (χ4v) is 4.65. The van der Waals surface area contributed by atoms with Crippen molar-refractivity contribution in [3.05, 3.63) is 53.2 Å². The van der Waals surface area contributed by atoms with Crippen molar-refractivity contribution in [2.24, 2.45) is 0 Å². The molecule has 0 aromatic carbocycles. The number of aromatic nitrogens is 5. The number of nitrogens with one attached hydrogen (secondary N) is 1. The van der Waals surface area contributed by atoms with Crippen LogP contribution in [0.5, 0.6) is 0 Å². The minimum atomic E-state index is -0.335. The van der Waals surface area contributed by atoms with Crippen LogP contribution in [0.1, 0.15) is 48.7 Å². The van der Waals surface area contributed by atoms with E-state index in [0.717, 1.165) is 36.3 Å². The van der Waals surface area contributed by atoms with Crippen molar-refractivity contribution in [1.29, 1.82) is 0 Å². The van der Waals surface area contributed by atoms with E-state index in [1.54, 1.807) is 31.0 Å². The number of halogens is 1. The molecule has 3 N–H and O–H groups in total. The van der Waals surface area contributed by atoms with E-state index in [-0.39, 0.29) is 23.3 Å². The summed E-state index contributed by atoms with van der Waals surface area (Å²) in [5.74, 6) is 0.807. The Labute approximate surface area is 183 Å². The first-order chi connectivity index (χ1) is 15.0. The van der Waals surface area contributed by atoms with Crippen LogP contribution in [-0.2, 0) is 0 Å². The summed E-state index contributed by atoms with van der Waals surface area (Å²) < 4.78 is 3.51. The molecule has 10 heteroatoms. The molecule has 4 aromatic heterocycles. The van der Waals surface area contributed by atoms with Crippen molar-refractivity contribution in [2.75, 3.05) is 17.2 Å². The maximum atomic E-state index is 13.2. The van der Waals surface area contributed by atoms with Gasteiger partial charge in [-0.05, 0) is 38.8 Å². The summed E-state index contributed by atoms with van der Waals surface area (Å²) in [5.41, 5.74) is 8.47. The van der Waals surface area contributed by atoms with E-state index in [4.69, 9.17) is 17.3 Å². The third kappa shape index (κ3) is 3.16. The van der Waals surface area contributed by atoms with Crippen LogP contribution < -0.4 is 16.0 Å². The highest BCUT2D eigenvalue weighted by Gasteiger charge is 2.29. The summed E-state index contributed by atoms with van der Waals surface area (Å²) in [7, 11) is 0. The number of nitrogen functional groups attached to an aromatic ring is 1. The topological polar surface area (TPSA) is 106 Å². The molecule has 0 saturated carbocycles. The SMILES string of the molecule is CC(NC(=O)c1c(N)nn2cccnc12)c1cc(Cl)c2cncn2c1N1CCC[C@@H]1C. The zero-order chi connectivity index (χ0) is 21.7. The highest BCUT2D eigenvalue weighted by atomic mass is 35.5. The molecule has 1 aliphatic heterocycles. The van der Waals surface area contributed by atoms with Gasteiger partial charge >= 0.3 is 0 Å². The van der Waals surface area contributed by atoms with Gasteiger partial charge in [-0.2, -0.15) is 0 Å². The number of anilines is 2. The van der Waals surface area contributed by atoms with Crippen molar-refractivity contribution in [2.45, 2.75) is 38.8 Å². The summed E-state index contributed by atoms with van der Waals surface area (Å²) in [5, 5.41) is 7.83. The number of rotatable bonds is 4. The first kappa shape index (κ1) is 19.6. The van der Waals surface area contributed by atoms with Crippen LogP contribution in [0.2, 0.25) is 5.02 Å². The maximum absolute atomic E-state index is 13.2. The Morgan fingerprint density at radius 2 is 2.26 bits per heavy atom. The van der Waals surface area contributed by atoms with Gasteiger partial charge in [-0.25, -0.2) is 14.5 Å². The average Bonchev–Trinajstić information content (AvgIpc) is 3.45. The van der Waals surface area contributed by atoms with Gasteiger partial charge in [0.1, 0.15) is 17.7 Å². The van der Waals surface area contributed by atoms with Gasteiger partial charge in [-0.3, -0.25) is 9.20 Å². The lowest BCUT2D eigenvalue weighted by molar-refractivity contribution is 0.0942. The standard InChI is InChI=1S/C21H23ClN8O/c1-12-5-3-7-28(12)21-14(9-15(22)16-10-24-11-29(16)21)13(2)26-20(31)17-18(23)27-30-8-4-6-25-19(17)30/h4,6,8-13H,3,5,7H2,1-2H3,(H2,23,27)(H,26,31)/t12-,13?/m0/s1. The molecule has 2 atom stereocenters. The van der Waals surface area contributed by atoms with Crippen molar-refractivity contribution in [3.8, 4) is 0 Å². The van der Waals surface area contributed by atoms with Crippen molar-refractivity contribution < 1.29 is 4.79 Å². The molecule has 4 aromatic rings. The lowest BCUT2D eigenvalue weighted by Gasteiger charge is -2.30. The van der Waals surface area contributed by atoms with Gasteiger partial charge in [0.2, 0.25) is 0 Å². The molecule has 1 saturated heterocycles. The molecular formula is C21H23ClN8O. The highest BCUT2D eigenvalue weighted by Crippen LogP contribution is 2.36. The highest BCUT2D eigenvalue weighted by molar-refractivity contribution is 6.34.